The van der Waals surface area contributed by atoms with Crippen molar-refractivity contribution in [3.8, 4) is 0 Å². The molecular formula is C17H16Cl2N2O3S. The Bertz CT molecular complexity index is 895. The van der Waals surface area contributed by atoms with Gasteiger partial charge >= 0.3 is 0 Å². The van der Waals surface area contributed by atoms with Crippen molar-refractivity contribution >= 4 is 44.8 Å². The number of carbonyl (C=O) groups is 1. The van der Waals surface area contributed by atoms with Crippen LogP contribution < -0.4 is 10.0 Å². The summed E-state index contributed by atoms with van der Waals surface area (Å²) in [5.41, 5.74) is 0.602. The van der Waals surface area contributed by atoms with E-state index in [-0.39, 0.29) is 21.4 Å². The molecule has 2 N–H and O–H groups in total. The van der Waals surface area contributed by atoms with Crippen LogP contribution in [0.25, 0.3) is 0 Å². The molecule has 2 aromatic carbocycles. The van der Waals surface area contributed by atoms with Crippen molar-refractivity contribution in [2.75, 3.05) is 11.3 Å². The molecule has 1 aliphatic carbocycles. The zero-order valence-corrected chi connectivity index (χ0v) is 15.5. The third kappa shape index (κ3) is 4.66. The van der Waals surface area contributed by atoms with Gasteiger partial charge in [0.1, 0.15) is 4.90 Å². The zero-order chi connectivity index (χ0) is 18.0. The first-order valence-corrected chi connectivity index (χ1v) is 9.95. The summed E-state index contributed by atoms with van der Waals surface area (Å²) < 4.78 is 27.6. The van der Waals surface area contributed by atoms with E-state index in [4.69, 9.17) is 23.2 Å². The minimum atomic E-state index is -3.94. The Balaban J connectivity index is 1.82. The van der Waals surface area contributed by atoms with E-state index in [1.165, 1.54) is 18.2 Å². The molecule has 0 atom stereocenters. The van der Waals surface area contributed by atoms with Crippen LogP contribution in [0.4, 0.5) is 5.69 Å². The van der Waals surface area contributed by atoms with Crippen molar-refractivity contribution < 1.29 is 13.2 Å². The number of hydrogen-bond acceptors (Lipinski definition) is 3. The normalized spacial score (nSPS) is 14.2. The van der Waals surface area contributed by atoms with Gasteiger partial charge in [-0.05, 0) is 61.2 Å². The first-order valence-electron chi connectivity index (χ1n) is 7.71. The fourth-order valence-electron chi connectivity index (χ4n) is 2.24. The molecule has 0 saturated heterocycles. The molecule has 0 aromatic heterocycles. The highest BCUT2D eigenvalue weighted by atomic mass is 35.5. The summed E-state index contributed by atoms with van der Waals surface area (Å²) >= 11 is 11.8. The van der Waals surface area contributed by atoms with Crippen LogP contribution in [0.1, 0.15) is 23.2 Å². The zero-order valence-electron chi connectivity index (χ0n) is 13.1. The molecule has 132 valence electrons. The SMILES string of the molecule is O=C(NCC1CC1)c1ccc(Cl)c(S(=O)(=O)Nc2ccc(Cl)cc2)c1. The standard InChI is InChI=1S/C17H16Cl2N2O3S/c18-13-4-6-14(7-5-13)21-25(23,24)16-9-12(3-8-15(16)19)17(22)20-10-11-1-2-11/h3-9,11,21H,1-2,10H2,(H,20,22). The van der Waals surface area contributed by atoms with E-state index in [0.29, 0.717) is 23.2 Å². The van der Waals surface area contributed by atoms with Gasteiger partial charge in [0.05, 0.1) is 5.02 Å². The van der Waals surface area contributed by atoms with Gasteiger partial charge in [0.15, 0.2) is 0 Å². The van der Waals surface area contributed by atoms with E-state index in [2.05, 4.69) is 10.0 Å². The first kappa shape index (κ1) is 18.0. The average molecular weight is 399 g/mol. The number of benzene rings is 2. The Labute approximate surface area is 156 Å². The molecule has 3 rings (SSSR count). The minimum absolute atomic E-state index is 0.0419. The fourth-order valence-corrected chi connectivity index (χ4v) is 3.95. The van der Waals surface area contributed by atoms with Gasteiger partial charge in [0.2, 0.25) is 0 Å². The largest absolute Gasteiger partial charge is 0.352 e. The maximum Gasteiger partial charge on any atom is 0.263 e. The number of sulfonamides is 1. The molecule has 2 aromatic rings. The van der Waals surface area contributed by atoms with Gasteiger partial charge in [-0.2, -0.15) is 0 Å². The highest BCUT2D eigenvalue weighted by Gasteiger charge is 2.23. The molecule has 0 radical (unpaired) electrons. The number of carbonyl (C=O) groups excluding carboxylic acids is 1. The van der Waals surface area contributed by atoms with Crippen molar-refractivity contribution in [1.29, 1.82) is 0 Å². The van der Waals surface area contributed by atoms with E-state index in [0.717, 1.165) is 12.8 Å². The average Bonchev–Trinajstić information content (AvgIpc) is 3.39. The van der Waals surface area contributed by atoms with E-state index in [9.17, 15) is 13.2 Å². The Kier molecular flexibility index (Phi) is 5.22. The molecule has 1 fully saturated rings. The number of rotatable bonds is 6. The third-order valence-corrected chi connectivity index (χ3v) is 5.94. The van der Waals surface area contributed by atoms with Crippen LogP contribution in [0.15, 0.2) is 47.4 Å². The van der Waals surface area contributed by atoms with E-state index >= 15 is 0 Å². The quantitative estimate of drug-likeness (QED) is 0.773. The molecule has 5 nitrogen and oxygen atoms in total. The molecule has 0 aliphatic heterocycles. The number of anilines is 1. The van der Waals surface area contributed by atoms with Crippen molar-refractivity contribution in [3.63, 3.8) is 0 Å². The molecular weight excluding hydrogens is 383 g/mol. The van der Waals surface area contributed by atoms with E-state index in [1.54, 1.807) is 24.3 Å². The van der Waals surface area contributed by atoms with Crippen LogP contribution in [0.5, 0.6) is 0 Å². The van der Waals surface area contributed by atoms with Gasteiger partial charge < -0.3 is 5.32 Å². The van der Waals surface area contributed by atoms with Crippen LogP contribution in [0.2, 0.25) is 10.0 Å². The maximum atomic E-state index is 12.6. The lowest BCUT2D eigenvalue weighted by atomic mass is 10.2. The maximum absolute atomic E-state index is 12.6. The highest BCUT2D eigenvalue weighted by Crippen LogP contribution is 2.28. The lowest BCUT2D eigenvalue weighted by Gasteiger charge is -2.11. The molecule has 0 unspecified atom stereocenters. The smallest absolute Gasteiger partial charge is 0.263 e. The predicted octanol–water partition coefficient (Wildman–Crippen LogP) is 3.93. The highest BCUT2D eigenvalue weighted by molar-refractivity contribution is 7.92. The van der Waals surface area contributed by atoms with Gasteiger partial charge in [-0.15, -0.1) is 0 Å². The summed E-state index contributed by atoms with van der Waals surface area (Å²) in [7, 11) is -3.94. The Morgan fingerprint density at radius 2 is 1.76 bits per heavy atom. The topological polar surface area (TPSA) is 75.3 Å². The molecule has 1 amide bonds. The second-order valence-electron chi connectivity index (χ2n) is 5.91. The van der Waals surface area contributed by atoms with Crippen LogP contribution in [0.3, 0.4) is 0 Å². The fraction of sp³-hybridized carbons (Fsp3) is 0.235. The van der Waals surface area contributed by atoms with Gasteiger partial charge in [-0.25, -0.2) is 8.42 Å². The monoisotopic (exact) mass is 398 g/mol. The summed E-state index contributed by atoms with van der Waals surface area (Å²) in [5, 5.41) is 3.34. The summed E-state index contributed by atoms with van der Waals surface area (Å²) in [6, 6.07) is 10.4. The van der Waals surface area contributed by atoms with Gasteiger partial charge in [0.25, 0.3) is 15.9 Å². The number of halogens is 2. The van der Waals surface area contributed by atoms with Gasteiger partial charge in [0, 0.05) is 22.8 Å². The van der Waals surface area contributed by atoms with Gasteiger partial charge in [-0.1, -0.05) is 23.2 Å². The molecule has 1 saturated carbocycles. The second kappa shape index (κ2) is 7.23. The van der Waals surface area contributed by atoms with Crippen LogP contribution in [0, 0.1) is 5.92 Å². The van der Waals surface area contributed by atoms with Crippen LogP contribution in [-0.4, -0.2) is 20.9 Å². The first-order chi connectivity index (χ1) is 11.8. The van der Waals surface area contributed by atoms with Crippen molar-refractivity contribution in [2.45, 2.75) is 17.7 Å². The van der Waals surface area contributed by atoms with Gasteiger partial charge in [-0.3, -0.25) is 9.52 Å². The number of amides is 1. The molecule has 0 heterocycles. The Morgan fingerprint density at radius 3 is 2.40 bits per heavy atom. The lowest BCUT2D eigenvalue weighted by molar-refractivity contribution is 0.0951. The number of hydrogen-bond donors (Lipinski definition) is 2. The van der Waals surface area contributed by atoms with Crippen molar-refractivity contribution in [3.05, 3.63) is 58.1 Å². The third-order valence-electron chi connectivity index (χ3n) is 3.83. The van der Waals surface area contributed by atoms with Crippen LogP contribution >= 0.6 is 23.2 Å². The minimum Gasteiger partial charge on any atom is -0.352 e. The van der Waals surface area contributed by atoms with Crippen molar-refractivity contribution in [1.82, 2.24) is 5.32 Å². The van der Waals surface area contributed by atoms with Crippen molar-refractivity contribution in [2.24, 2.45) is 5.92 Å². The molecule has 0 spiro atoms. The number of nitrogens with one attached hydrogen (secondary N) is 2. The molecule has 0 bridgehead atoms. The summed E-state index contributed by atoms with van der Waals surface area (Å²) in [5.74, 6) is 0.220. The summed E-state index contributed by atoms with van der Waals surface area (Å²) in [6.45, 7) is 0.604. The second-order valence-corrected chi connectivity index (χ2v) is 8.41. The van der Waals surface area contributed by atoms with Crippen LogP contribution in [-0.2, 0) is 10.0 Å². The molecule has 25 heavy (non-hydrogen) atoms. The summed E-state index contributed by atoms with van der Waals surface area (Å²) in [6.07, 6.45) is 2.23. The summed E-state index contributed by atoms with van der Waals surface area (Å²) in [4.78, 5) is 12.0. The molecule has 8 heteroatoms. The van der Waals surface area contributed by atoms with E-state index < -0.39 is 10.0 Å². The Hall–Kier alpha value is -1.76. The molecule has 1 aliphatic rings. The Morgan fingerprint density at radius 1 is 1.08 bits per heavy atom. The predicted molar refractivity (Wildman–Crippen MR) is 98.8 cm³/mol. The van der Waals surface area contributed by atoms with E-state index in [1.807, 2.05) is 0 Å². The lowest BCUT2D eigenvalue weighted by Crippen LogP contribution is -2.26.